The van der Waals surface area contributed by atoms with Gasteiger partial charge in [0.15, 0.2) is 0 Å². The molecule has 6 nitrogen and oxygen atoms in total. The topological polar surface area (TPSA) is 79.4 Å². The van der Waals surface area contributed by atoms with Crippen molar-refractivity contribution in [1.82, 2.24) is 9.88 Å². The first-order valence-corrected chi connectivity index (χ1v) is 10.5. The number of nitrogens with zero attached hydrogens (tertiary/aromatic N) is 2. The molecule has 1 fully saturated rings. The molecule has 3 rings (SSSR count). The number of nitrogens with one attached hydrogen (secondary N) is 1. The lowest BCUT2D eigenvalue weighted by molar-refractivity contribution is 0.0707. The molecule has 0 spiro atoms. The van der Waals surface area contributed by atoms with Gasteiger partial charge in [0.1, 0.15) is 0 Å². The van der Waals surface area contributed by atoms with Crippen molar-refractivity contribution in [2.45, 2.75) is 25.7 Å². The molecule has 0 bridgehead atoms. The number of aryl methyl sites for hydroxylation is 1. The van der Waals surface area contributed by atoms with Crippen LogP contribution < -0.4 is 4.72 Å². The summed E-state index contributed by atoms with van der Waals surface area (Å²) in [6.45, 7) is 3.18. The highest BCUT2D eigenvalue weighted by Crippen LogP contribution is 2.28. The number of carbonyl (C=O) groups is 1. The summed E-state index contributed by atoms with van der Waals surface area (Å²) >= 11 is 0. The van der Waals surface area contributed by atoms with Crippen molar-refractivity contribution in [3.05, 3.63) is 59.4 Å². The van der Waals surface area contributed by atoms with E-state index in [0.717, 1.165) is 24.7 Å². The molecule has 7 heteroatoms. The Bertz CT molecular complexity index is 898. The lowest BCUT2D eigenvalue weighted by Crippen LogP contribution is -2.39. The summed E-state index contributed by atoms with van der Waals surface area (Å²) in [5, 5.41) is 0. The largest absolute Gasteiger partial charge is 0.338 e. The van der Waals surface area contributed by atoms with Crippen LogP contribution in [0.5, 0.6) is 0 Å². The number of rotatable bonds is 4. The van der Waals surface area contributed by atoms with Crippen LogP contribution >= 0.6 is 0 Å². The Labute approximate surface area is 154 Å². The molecule has 1 aliphatic heterocycles. The third-order valence-electron chi connectivity index (χ3n) is 4.67. The van der Waals surface area contributed by atoms with E-state index in [1.807, 2.05) is 24.0 Å². The van der Waals surface area contributed by atoms with Gasteiger partial charge in [-0.25, -0.2) is 8.42 Å². The van der Waals surface area contributed by atoms with Crippen LogP contribution in [0.2, 0.25) is 0 Å². The molecule has 138 valence electrons. The minimum atomic E-state index is -3.39. The molecule has 26 heavy (non-hydrogen) atoms. The summed E-state index contributed by atoms with van der Waals surface area (Å²) in [5.74, 6) is 0.232. The lowest BCUT2D eigenvalue weighted by atomic mass is 9.91. The van der Waals surface area contributed by atoms with E-state index in [1.54, 1.807) is 30.6 Å². The number of anilines is 1. The van der Waals surface area contributed by atoms with E-state index >= 15 is 0 Å². The van der Waals surface area contributed by atoms with E-state index in [1.165, 1.54) is 5.56 Å². The summed E-state index contributed by atoms with van der Waals surface area (Å²) < 4.78 is 25.5. The Morgan fingerprint density at radius 3 is 2.65 bits per heavy atom. The highest BCUT2D eigenvalue weighted by Gasteiger charge is 2.25. The van der Waals surface area contributed by atoms with Crippen molar-refractivity contribution in [2.24, 2.45) is 0 Å². The van der Waals surface area contributed by atoms with Crippen molar-refractivity contribution in [3.63, 3.8) is 0 Å². The van der Waals surface area contributed by atoms with Crippen LogP contribution in [-0.4, -0.2) is 43.6 Å². The van der Waals surface area contributed by atoms with Gasteiger partial charge in [-0.1, -0.05) is 6.07 Å². The second-order valence-corrected chi connectivity index (χ2v) is 8.52. The SMILES string of the molecule is Cc1ccc(C(=O)N2CCCC(c3ccncc3)C2)cc1NS(C)(=O)=O. The fourth-order valence-electron chi connectivity index (χ4n) is 3.32. The van der Waals surface area contributed by atoms with Gasteiger partial charge in [-0.3, -0.25) is 14.5 Å². The molecule has 0 radical (unpaired) electrons. The van der Waals surface area contributed by atoms with E-state index in [-0.39, 0.29) is 5.91 Å². The Hall–Kier alpha value is -2.41. The second kappa shape index (κ2) is 7.45. The standard InChI is InChI=1S/C19H23N3O3S/c1-14-5-6-16(12-18(14)21-26(2,24)25)19(23)22-11-3-4-17(13-22)15-7-9-20-10-8-15/h5-10,12,17,21H,3-4,11,13H2,1-2H3. The van der Waals surface area contributed by atoms with Gasteiger partial charge in [0.2, 0.25) is 10.0 Å². The van der Waals surface area contributed by atoms with Crippen molar-refractivity contribution >= 4 is 21.6 Å². The zero-order valence-corrected chi connectivity index (χ0v) is 15.8. The normalized spacial score (nSPS) is 17.8. The van der Waals surface area contributed by atoms with Gasteiger partial charge in [-0.2, -0.15) is 0 Å². The van der Waals surface area contributed by atoms with Gasteiger partial charge in [-0.05, 0) is 55.2 Å². The van der Waals surface area contributed by atoms with E-state index < -0.39 is 10.0 Å². The molecule has 1 aromatic heterocycles. The highest BCUT2D eigenvalue weighted by molar-refractivity contribution is 7.92. The maximum atomic E-state index is 12.9. The zero-order chi connectivity index (χ0) is 18.7. The van der Waals surface area contributed by atoms with E-state index in [9.17, 15) is 13.2 Å². The molecule has 1 amide bonds. The molecule has 1 aromatic carbocycles. The van der Waals surface area contributed by atoms with Gasteiger partial charge >= 0.3 is 0 Å². The fourth-order valence-corrected chi connectivity index (χ4v) is 3.94. The predicted molar refractivity (Wildman–Crippen MR) is 102 cm³/mol. The fraction of sp³-hybridized carbons (Fsp3) is 0.368. The smallest absolute Gasteiger partial charge is 0.253 e. The number of aromatic nitrogens is 1. The first-order valence-electron chi connectivity index (χ1n) is 8.61. The Morgan fingerprint density at radius 2 is 1.96 bits per heavy atom. The van der Waals surface area contributed by atoms with Gasteiger partial charge in [0, 0.05) is 37.0 Å². The summed E-state index contributed by atoms with van der Waals surface area (Å²) in [5.41, 5.74) is 2.92. The van der Waals surface area contributed by atoms with Crippen LogP contribution in [0.15, 0.2) is 42.7 Å². The molecule has 0 aliphatic carbocycles. The predicted octanol–water partition coefficient (Wildman–Crippen LogP) is 2.78. The van der Waals surface area contributed by atoms with Crippen LogP contribution in [0.4, 0.5) is 5.69 Å². The third kappa shape index (κ3) is 4.40. The minimum Gasteiger partial charge on any atom is -0.338 e. The van der Waals surface area contributed by atoms with Gasteiger partial charge in [-0.15, -0.1) is 0 Å². The van der Waals surface area contributed by atoms with E-state index in [2.05, 4.69) is 9.71 Å². The number of piperidine rings is 1. The molecule has 1 aliphatic rings. The van der Waals surface area contributed by atoms with Crippen molar-refractivity contribution in [1.29, 1.82) is 0 Å². The van der Waals surface area contributed by atoms with Crippen molar-refractivity contribution in [2.75, 3.05) is 24.1 Å². The van der Waals surface area contributed by atoms with Gasteiger partial charge < -0.3 is 4.90 Å². The number of pyridine rings is 1. The maximum Gasteiger partial charge on any atom is 0.253 e. The molecule has 1 atom stereocenters. The Morgan fingerprint density at radius 1 is 1.23 bits per heavy atom. The Kier molecular flexibility index (Phi) is 5.27. The van der Waals surface area contributed by atoms with E-state index in [4.69, 9.17) is 0 Å². The molecule has 2 aromatic rings. The average molecular weight is 373 g/mol. The molecular formula is C19H23N3O3S. The van der Waals surface area contributed by atoms with Gasteiger partial charge in [0.05, 0.1) is 11.9 Å². The van der Waals surface area contributed by atoms with Crippen molar-refractivity contribution in [3.8, 4) is 0 Å². The highest BCUT2D eigenvalue weighted by atomic mass is 32.2. The second-order valence-electron chi connectivity index (χ2n) is 6.77. The molecular weight excluding hydrogens is 350 g/mol. The molecule has 2 heterocycles. The first-order chi connectivity index (χ1) is 12.3. The number of likely N-dealkylation sites (tertiary alicyclic amines) is 1. The van der Waals surface area contributed by atoms with Crippen LogP contribution in [0.25, 0.3) is 0 Å². The van der Waals surface area contributed by atoms with E-state index in [0.29, 0.717) is 30.3 Å². The summed E-state index contributed by atoms with van der Waals surface area (Å²) in [4.78, 5) is 18.8. The maximum absolute atomic E-state index is 12.9. The van der Waals surface area contributed by atoms with Gasteiger partial charge in [0.25, 0.3) is 5.91 Å². The summed E-state index contributed by atoms with van der Waals surface area (Å²) in [7, 11) is -3.39. The quantitative estimate of drug-likeness (QED) is 0.894. The Balaban J connectivity index is 1.79. The number of hydrogen-bond acceptors (Lipinski definition) is 4. The average Bonchev–Trinajstić information content (AvgIpc) is 2.63. The minimum absolute atomic E-state index is 0.0692. The zero-order valence-electron chi connectivity index (χ0n) is 15.0. The molecule has 1 saturated heterocycles. The number of hydrogen-bond donors (Lipinski definition) is 1. The third-order valence-corrected chi connectivity index (χ3v) is 5.26. The van der Waals surface area contributed by atoms with Crippen LogP contribution in [0, 0.1) is 6.92 Å². The number of carbonyl (C=O) groups excluding carboxylic acids is 1. The molecule has 0 saturated carbocycles. The molecule has 1 unspecified atom stereocenters. The lowest BCUT2D eigenvalue weighted by Gasteiger charge is -2.33. The first kappa shape index (κ1) is 18.4. The van der Waals surface area contributed by atoms with Crippen LogP contribution in [0.3, 0.4) is 0 Å². The monoisotopic (exact) mass is 373 g/mol. The van der Waals surface area contributed by atoms with Crippen LogP contribution in [-0.2, 0) is 10.0 Å². The van der Waals surface area contributed by atoms with Crippen LogP contribution in [0.1, 0.15) is 40.2 Å². The summed E-state index contributed by atoms with van der Waals surface area (Å²) in [6, 6.07) is 9.14. The summed E-state index contributed by atoms with van der Waals surface area (Å²) in [6.07, 6.45) is 6.64. The van der Waals surface area contributed by atoms with Crippen molar-refractivity contribution < 1.29 is 13.2 Å². The number of sulfonamides is 1. The number of amides is 1. The number of benzene rings is 1. The molecule has 1 N–H and O–H groups in total.